The Hall–Kier alpha value is -2.71. The molecule has 2 heterocycles. The lowest BCUT2D eigenvalue weighted by Crippen LogP contribution is -2.58. The van der Waals surface area contributed by atoms with E-state index in [1.807, 2.05) is 10.8 Å². The van der Waals surface area contributed by atoms with Crippen LogP contribution in [0, 0.1) is 5.92 Å². The van der Waals surface area contributed by atoms with Crippen molar-refractivity contribution in [3.63, 3.8) is 0 Å². The predicted octanol–water partition coefficient (Wildman–Crippen LogP) is 0.159. The maximum atomic E-state index is 13.6. The molecule has 1 aliphatic carbocycles. The van der Waals surface area contributed by atoms with Crippen LogP contribution in [-0.4, -0.2) is 96.5 Å². The highest BCUT2D eigenvalue weighted by Crippen LogP contribution is 2.45. The van der Waals surface area contributed by atoms with Crippen molar-refractivity contribution in [2.75, 3.05) is 20.6 Å². The molecule has 0 bridgehead atoms. The Bertz CT molecular complexity index is 1100. The van der Waals surface area contributed by atoms with Crippen LogP contribution < -0.4 is 15.4 Å². The van der Waals surface area contributed by atoms with E-state index >= 15 is 0 Å². The minimum Gasteiger partial charge on any atom is -0.444 e. The highest BCUT2D eigenvalue weighted by molar-refractivity contribution is 7.87. The molecule has 0 spiro atoms. The molecule has 13 nitrogen and oxygen atoms in total. The fourth-order valence-corrected chi connectivity index (χ4v) is 5.44. The van der Waals surface area contributed by atoms with Gasteiger partial charge in [0.1, 0.15) is 23.2 Å². The summed E-state index contributed by atoms with van der Waals surface area (Å²) in [4.78, 5) is 54.0. The van der Waals surface area contributed by atoms with Gasteiger partial charge in [-0.2, -0.15) is 12.7 Å². The number of carbonyl (C=O) groups is 4. The number of nitrogens with one attached hydrogen (secondary N) is 3. The first-order valence-corrected chi connectivity index (χ1v) is 14.7. The zero-order valence-corrected chi connectivity index (χ0v) is 24.0. The van der Waals surface area contributed by atoms with Crippen LogP contribution in [0.1, 0.15) is 65.7 Å². The van der Waals surface area contributed by atoms with Crippen molar-refractivity contribution in [3.05, 3.63) is 12.2 Å². The number of allylic oxidation sites excluding steroid dienone is 1. The highest BCUT2D eigenvalue weighted by atomic mass is 32.2. The summed E-state index contributed by atoms with van der Waals surface area (Å²) in [7, 11) is -1.56. The molecule has 0 radical (unpaired) electrons. The third-order valence-corrected chi connectivity index (χ3v) is 8.46. The number of alkyl carbamates (subject to hydrolysis) is 1. The van der Waals surface area contributed by atoms with Crippen LogP contribution in [0.3, 0.4) is 0 Å². The van der Waals surface area contributed by atoms with Crippen molar-refractivity contribution >= 4 is 34.0 Å². The maximum absolute atomic E-state index is 13.6. The number of carbonyl (C=O) groups excluding carboxylic acids is 4. The molecule has 220 valence electrons. The quantitative estimate of drug-likeness (QED) is 0.345. The van der Waals surface area contributed by atoms with Gasteiger partial charge >= 0.3 is 16.3 Å². The summed E-state index contributed by atoms with van der Waals surface area (Å²) in [5, 5.41) is 15.7. The minimum absolute atomic E-state index is 0.0646. The zero-order valence-electron chi connectivity index (χ0n) is 23.2. The van der Waals surface area contributed by atoms with Gasteiger partial charge in [-0.15, -0.1) is 0 Å². The fraction of sp³-hybridized carbons (Fsp3) is 0.760. The summed E-state index contributed by atoms with van der Waals surface area (Å²) in [5.74, 6) is -2.52. The monoisotopic (exact) mass is 571 g/mol. The second kappa shape index (κ2) is 11.8. The van der Waals surface area contributed by atoms with Crippen LogP contribution >= 0.6 is 0 Å². The van der Waals surface area contributed by atoms with E-state index in [1.54, 1.807) is 26.8 Å². The maximum Gasteiger partial charge on any atom is 0.408 e. The molecule has 1 saturated heterocycles. The number of amides is 4. The molecule has 3 aliphatic rings. The Morgan fingerprint density at radius 3 is 2.54 bits per heavy atom. The number of hydrogen-bond donors (Lipinski definition) is 4. The first-order chi connectivity index (χ1) is 18.1. The number of rotatable bonds is 4. The first kappa shape index (κ1) is 30.8. The van der Waals surface area contributed by atoms with Gasteiger partial charge < -0.3 is 25.4 Å². The minimum atomic E-state index is -4.11. The van der Waals surface area contributed by atoms with Gasteiger partial charge in [0, 0.05) is 33.0 Å². The number of hydrogen-bond acceptors (Lipinski definition) is 8. The van der Waals surface area contributed by atoms with Gasteiger partial charge in [-0.25, -0.2) is 9.52 Å². The molecular weight excluding hydrogens is 530 g/mol. The number of ether oxygens (including phenoxy) is 1. The molecule has 0 aromatic heterocycles. The van der Waals surface area contributed by atoms with Crippen LogP contribution in [0.2, 0.25) is 0 Å². The predicted molar refractivity (Wildman–Crippen MR) is 141 cm³/mol. The summed E-state index contributed by atoms with van der Waals surface area (Å²) >= 11 is 0. The Morgan fingerprint density at radius 2 is 1.90 bits per heavy atom. The van der Waals surface area contributed by atoms with Crippen LogP contribution in [0.25, 0.3) is 0 Å². The zero-order chi connectivity index (χ0) is 29.2. The highest BCUT2D eigenvalue weighted by Gasteiger charge is 2.61. The van der Waals surface area contributed by atoms with Crippen molar-refractivity contribution in [1.29, 1.82) is 0 Å². The van der Waals surface area contributed by atoms with E-state index in [9.17, 15) is 32.7 Å². The van der Waals surface area contributed by atoms with E-state index in [0.29, 0.717) is 19.3 Å². The second-order valence-electron chi connectivity index (χ2n) is 11.7. The fourth-order valence-electron chi connectivity index (χ4n) is 4.85. The first-order valence-electron chi connectivity index (χ1n) is 13.3. The van der Waals surface area contributed by atoms with Crippen molar-refractivity contribution in [3.8, 4) is 0 Å². The number of fused-ring (bicyclic) bond motifs is 2. The molecule has 2 fully saturated rings. The third kappa shape index (κ3) is 7.70. The third-order valence-electron chi connectivity index (χ3n) is 7.05. The van der Waals surface area contributed by atoms with Crippen molar-refractivity contribution in [2.24, 2.45) is 5.92 Å². The van der Waals surface area contributed by atoms with E-state index in [0.717, 1.165) is 17.1 Å². The van der Waals surface area contributed by atoms with Gasteiger partial charge in [0.05, 0.1) is 6.10 Å². The lowest BCUT2D eigenvalue weighted by molar-refractivity contribution is -0.141. The Kier molecular flexibility index (Phi) is 9.33. The standard InChI is InChI=1S/C25H41N5O8S/c1-24(2,3)38-23(35)26-18-12-10-8-6-7-9-11-16-14-25(16,22(34)28-39(36,37)29(4)5)27-20(32)19-13-17(31)15-30(19)21(18)33/h9,11,16-19,31H,6-8,10,12-15H2,1-5H3,(H,26,35)(H,27,32)(H,28,34). The molecule has 14 heteroatoms. The Morgan fingerprint density at radius 1 is 1.21 bits per heavy atom. The summed E-state index contributed by atoms with van der Waals surface area (Å²) < 4.78 is 32.9. The molecular formula is C25H41N5O8S. The second-order valence-corrected chi connectivity index (χ2v) is 13.5. The largest absolute Gasteiger partial charge is 0.444 e. The molecule has 4 N–H and O–H groups in total. The molecule has 3 rings (SSSR count). The van der Waals surface area contributed by atoms with E-state index in [-0.39, 0.29) is 19.4 Å². The summed E-state index contributed by atoms with van der Waals surface area (Å²) in [6.07, 6.45) is 5.29. The van der Waals surface area contributed by atoms with Crippen LogP contribution in [0.15, 0.2) is 12.2 Å². The molecule has 2 aliphatic heterocycles. The van der Waals surface area contributed by atoms with Crippen molar-refractivity contribution in [2.45, 2.75) is 95.0 Å². The van der Waals surface area contributed by atoms with E-state index in [1.165, 1.54) is 19.0 Å². The lowest BCUT2D eigenvalue weighted by atomic mass is 10.0. The lowest BCUT2D eigenvalue weighted by Gasteiger charge is -2.30. The molecule has 4 amide bonds. The molecule has 5 atom stereocenters. The molecule has 5 unspecified atom stereocenters. The Balaban J connectivity index is 1.88. The average Bonchev–Trinajstić information content (AvgIpc) is 3.35. The van der Waals surface area contributed by atoms with E-state index in [4.69, 9.17) is 4.74 Å². The van der Waals surface area contributed by atoms with Crippen LogP contribution in [0.5, 0.6) is 0 Å². The summed E-state index contributed by atoms with van der Waals surface area (Å²) in [6.45, 7) is 4.99. The number of aliphatic hydroxyl groups excluding tert-OH is 1. The number of aliphatic hydroxyl groups is 1. The molecule has 0 aromatic rings. The van der Waals surface area contributed by atoms with Gasteiger partial charge in [-0.3, -0.25) is 14.4 Å². The Labute approximate surface area is 229 Å². The van der Waals surface area contributed by atoms with Crippen LogP contribution in [-0.2, 0) is 29.3 Å². The SMILES string of the molecule is CN(C)S(=O)(=O)NC(=O)C12CC1C=CCCCCCC(NC(=O)OC(C)(C)C)C(=O)N1CC(O)CC1C(=O)N2. The average molecular weight is 572 g/mol. The van der Waals surface area contributed by atoms with Gasteiger partial charge in [0.15, 0.2) is 0 Å². The summed E-state index contributed by atoms with van der Waals surface area (Å²) in [6, 6.07) is -2.08. The molecule has 0 aromatic carbocycles. The van der Waals surface area contributed by atoms with E-state index in [2.05, 4.69) is 10.6 Å². The van der Waals surface area contributed by atoms with Gasteiger partial charge in [-0.05, 0) is 46.5 Å². The van der Waals surface area contributed by atoms with Gasteiger partial charge in [0.25, 0.3) is 5.91 Å². The molecule has 39 heavy (non-hydrogen) atoms. The van der Waals surface area contributed by atoms with Crippen molar-refractivity contribution < 1.29 is 37.4 Å². The smallest absolute Gasteiger partial charge is 0.408 e. The molecule has 1 saturated carbocycles. The van der Waals surface area contributed by atoms with Crippen LogP contribution in [0.4, 0.5) is 4.79 Å². The van der Waals surface area contributed by atoms with E-state index < -0.39 is 69.3 Å². The number of nitrogens with zero attached hydrogens (tertiary/aromatic N) is 2. The van der Waals surface area contributed by atoms with Gasteiger partial charge in [-0.1, -0.05) is 25.0 Å². The van der Waals surface area contributed by atoms with Crippen molar-refractivity contribution in [1.82, 2.24) is 24.6 Å². The topological polar surface area (TPSA) is 174 Å². The van der Waals surface area contributed by atoms with Gasteiger partial charge in [0.2, 0.25) is 11.8 Å². The normalized spacial score (nSPS) is 30.4. The summed E-state index contributed by atoms with van der Waals surface area (Å²) in [5.41, 5.74) is -2.28.